The van der Waals surface area contributed by atoms with E-state index in [4.69, 9.17) is 4.65 Å². The van der Waals surface area contributed by atoms with Crippen LogP contribution < -0.4 is 4.65 Å². The topological polar surface area (TPSA) is 21.6 Å². The smallest absolute Gasteiger partial charge is 0.322 e. The lowest BCUT2D eigenvalue weighted by Gasteiger charge is -2.26. The number of hydrogen-bond donors (Lipinski definition) is 0. The van der Waals surface area contributed by atoms with Crippen molar-refractivity contribution in [1.29, 1.82) is 0 Å². The molecule has 0 bridgehead atoms. The fourth-order valence-corrected chi connectivity index (χ4v) is 3.42. The molecule has 0 aliphatic carbocycles. The third-order valence-corrected chi connectivity index (χ3v) is 5.50. The summed E-state index contributed by atoms with van der Waals surface area (Å²) in [6.07, 6.45) is 1.45. The largest absolute Gasteiger partial charge is 0.567 e. The van der Waals surface area contributed by atoms with Crippen LogP contribution in [0, 0.1) is 11.6 Å². The summed E-state index contributed by atoms with van der Waals surface area (Å²) < 4.78 is 33.5. The Morgan fingerprint density at radius 2 is 1.34 bits per heavy atom. The van der Waals surface area contributed by atoms with Gasteiger partial charge in [-0.05, 0) is 57.3 Å². The molecule has 0 radical (unpaired) electrons. The van der Waals surface area contributed by atoms with Gasteiger partial charge < -0.3 is 4.65 Å². The molecule has 0 saturated heterocycles. The zero-order chi connectivity index (χ0) is 23.7. The second-order valence-electron chi connectivity index (χ2n) is 10.1. The minimum atomic E-state index is -0.705. The summed E-state index contributed by atoms with van der Waals surface area (Å²) in [5, 5.41) is 0. The number of halogens is 2. The second kappa shape index (κ2) is 8.89. The van der Waals surface area contributed by atoms with Gasteiger partial charge in [0, 0.05) is 11.8 Å². The summed E-state index contributed by atoms with van der Waals surface area (Å²) in [4.78, 5) is 4.08. The lowest BCUT2D eigenvalue weighted by molar-refractivity contribution is 0.569. The molecule has 0 saturated carbocycles. The van der Waals surface area contributed by atoms with Gasteiger partial charge in [0.05, 0.1) is 0 Å². The first-order valence-corrected chi connectivity index (χ1v) is 10.7. The van der Waals surface area contributed by atoms with Crippen LogP contribution >= 0.6 is 0 Å². The van der Waals surface area contributed by atoms with Crippen molar-refractivity contribution < 1.29 is 13.4 Å². The maximum Gasteiger partial charge on any atom is 0.322 e. The molecule has 0 amide bonds. The number of rotatable bonds is 4. The van der Waals surface area contributed by atoms with Gasteiger partial charge in [-0.2, -0.15) is 0 Å². The summed E-state index contributed by atoms with van der Waals surface area (Å²) in [5.41, 5.74) is 4.88. The van der Waals surface area contributed by atoms with Gasteiger partial charge in [0.15, 0.2) is 11.6 Å². The van der Waals surface area contributed by atoms with Crippen LogP contribution in [-0.4, -0.2) is 14.3 Å². The maximum atomic E-state index is 14.0. The van der Waals surface area contributed by atoms with E-state index in [-0.39, 0.29) is 16.5 Å². The molecule has 0 atom stereocenters. The zero-order valence-electron chi connectivity index (χ0n) is 19.9. The molecule has 0 spiro atoms. The van der Waals surface area contributed by atoms with E-state index in [0.29, 0.717) is 11.3 Å². The fourth-order valence-electron chi connectivity index (χ4n) is 3.42. The molecular weight excluding hydrogens is 403 g/mol. The number of benzene rings is 3. The molecule has 0 aromatic heterocycles. The number of para-hydroxylation sites is 1. The van der Waals surface area contributed by atoms with Crippen molar-refractivity contribution in [3.8, 4) is 16.9 Å². The van der Waals surface area contributed by atoms with E-state index in [9.17, 15) is 8.78 Å². The molecule has 0 heterocycles. The van der Waals surface area contributed by atoms with Crippen molar-refractivity contribution in [2.45, 2.75) is 52.4 Å². The first-order chi connectivity index (χ1) is 14.9. The van der Waals surface area contributed by atoms with Crippen molar-refractivity contribution in [3.05, 3.63) is 82.9 Å². The lowest BCUT2D eigenvalue weighted by atomic mass is 9.79. The third kappa shape index (κ3) is 5.27. The van der Waals surface area contributed by atoms with Gasteiger partial charge >= 0.3 is 8.05 Å². The predicted octanol–water partition coefficient (Wildman–Crippen LogP) is 6.90. The first-order valence-electron chi connectivity index (χ1n) is 10.7. The van der Waals surface area contributed by atoms with Crippen molar-refractivity contribution >= 4 is 20.0 Å². The summed E-state index contributed by atoms with van der Waals surface area (Å²) in [5.74, 6) is -0.828. The van der Waals surface area contributed by atoms with Crippen LogP contribution in [0.1, 0.15) is 58.2 Å². The Balaban J connectivity index is 2.13. The summed E-state index contributed by atoms with van der Waals surface area (Å²) >= 11 is 0. The fraction of sp³-hybridized carbons (Fsp3) is 0.296. The van der Waals surface area contributed by atoms with Crippen LogP contribution in [0.4, 0.5) is 14.5 Å². The number of nitrogens with zero attached hydrogens (tertiary/aromatic N) is 1. The minimum absolute atomic E-state index is 0.00483. The molecule has 0 aliphatic rings. The Bertz CT molecular complexity index is 1100. The maximum absolute atomic E-state index is 14.0. The van der Waals surface area contributed by atoms with Gasteiger partial charge in [0.1, 0.15) is 11.4 Å². The average molecular weight is 433 g/mol. The van der Waals surface area contributed by atoms with Gasteiger partial charge in [-0.15, -0.1) is 0 Å². The van der Waals surface area contributed by atoms with E-state index in [1.54, 1.807) is 8.05 Å². The Kier molecular flexibility index (Phi) is 6.59. The molecule has 0 N–H and O–H groups in total. The Labute approximate surface area is 190 Å². The van der Waals surface area contributed by atoms with E-state index in [0.717, 1.165) is 11.1 Å². The van der Waals surface area contributed by atoms with Crippen LogP contribution in [0.2, 0.25) is 0 Å². The second-order valence-corrected chi connectivity index (χ2v) is 10.1. The molecule has 0 aliphatic heterocycles. The summed E-state index contributed by atoms with van der Waals surface area (Å²) in [6, 6.07) is 16.2. The Morgan fingerprint density at radius 3 is 1.84 bits per heavy atom. The summed E-state index contributed by atoms with van der Waals surface area (Å²) in [6.45, 7) is 13.2. The number of hydrogen-bond acceptors (Lipinski definition) is 2. The molecule has 2 nitrogen and oxygen atoms in total. The monoisotopic (exact) mass is 433 g/mol. The van der Waals surface area contributed by atoms with E-state index in [1.807, 2.05) is 18.2 Å². The zero-order valence-corrected chi connectivity index (χ0v) is 19.9. The highest BCUT2D eigenvalue weighted by atomic mass is 19.1. The van der Waals surface area contributed by atoms with Gasteiger partial charge in [0.25, 0.3) is 0 Å². The summed E-state index contributed by atoms with van der Waals surface area (Å²) in [7, 11) is 1.56. The third-order valence-electron chi connectivity index (χ3n) is 5.50. The molecule has 3 rings (SSSR count). The first kappa shape index (κ1) is 23.7. The SMILES string of the molecule is BOc1ccc(-c2cc(C(C)(C)C)cc(C(C)(C)C)c2)cc1/C=N/c1c(F)cccc1F. The normalized spacial score (nSPS) is 12.4. The minimum Gasteiger partial charge on any atom is -0.567 e. The van der Waals surface area contributed by atoms with Gasteiger partial charge in [-0.25, -0.2) is 13.8 Å². The molecule has 0 fully saturated rings. The highest BCUT2D eigenvalue weighted by Crippen LogP contribution is 2.35. The van der Waals surface area contributed by atoms with Crippen LogP contribution in [-0.2, 0) is 10.8 Å². The quantitative estimate of drug-likeness (QED) is 0.324. The molecule has 3 aromatic rings. The van der Waals surface area contributed by atoms with Crippen LogP contribution in [0.3, 0.4) is 0 Å². The van der Waals surface area contributed by atoms with Crippen LogP contribution in [0.25, 0.3) is 11.1 Å². The van der Waals surface area contributed by atoms with Gasteiger partial charge in [-0.1, -0.05) is 71.9 Å². The molecule has 0 unspecified atom stereocenters. The molecule has 166 valence electrons. The molecule has 5 heteroatoms. The standard InChI is InChI=1S/C27H30BF2NO/c1-26(2,3)20-13-18(14-21(15-20)27(4,5)6)17-10-11-24(32-28)19(12-17)16-31-25-22(29)8-7-9-23(25)30/h7-16H,28H2,1-6H3/b31-16+. The lowest BCUT2D eigenvalue weighted by Crippen LogP contribution is -2.16. The predicted molar refractivity (Wildman–Crippen MR) is 132 cm³/mol. The molecule has 32 heavy (non-hydrogen) atoms. The number of aliphatic imine (C=N–C) groups is 1. The molecular formula is C27H30BF2NO. The van der Waals surface area contributed by atoms with E-state index in [1.165, 1.54) is 35.5 Å². The van der Waals surface area contributed by atoms with Crippen molar-refractivity contribution in [1.82, 2.24) is 0 Å². The van der Waals surface area contributed by atoms with Gasteiger partial charge in [-0.3, -0.25) is 0 Å². The van der Waals surface area contributed by atoms with E-state index < -0.39 is 11.6 Å². The Morgan fingerprint density at radius 1 is 0.781 bits per heavy atom. The van der Waals surface area contributed by atoms with Crippen molar-refractivity contribution in [3.63, 3.8) is 0 Å². The van der Waals surface area contributed by atoms with Crippen LogP contribution in [0.5, 0.6) is 5.75 Å². The highest BCUT2D eigenvalue weighted by Gasteiger charge is 2.21. The highest BCUT2D eigenvalue weighted by molar-refractivity contribution is 6.01. The van der Waals surface area contributed by atoms with Gasteiger partial charge in [0.2, 0.25) is 0 Å². The Hall–Kier alpha value is -2.95. The van der Waals surface area contributed by atoms with Crippen LogP contribution in [0.15, 0.2) is 59.6 Å². The molecule has 3 aromatic carbocycles. The van der Waals surface area contributed by atoms with Crippen molar-refractivity contribution in [2.24, 2.45) is 4.99 Å². The van der Waals surface area contributed by atoms with E-state index >= 15 is 0 Å². The average Bonchev–Trinajstić information content (AvgIpc) is 2.71. The van der Waals surface area contributed by atoms with Crippen molar-refractivity contribution in [2.75, 3.05) is 0 Å². The van der Waals surface area contributed by atoms with E-state index in [2.05, 4.69) is 64.7 Å².